The van der Waals surface area contributed by atoms with Gasteiger partial charge in [0.05, 0.1) is 11.0 Å². The van der Waals surface area contributed by atoms with Crippen LogP contribution in [0.1, 0.15) is 55.8 Å². The second-order valence-corrected chi connectivity index (χ2v) is 4.93. The highest BCUT2D eigenvalue weighted by Crippen LogP contribution is 2.14. The first kappa shape index (κ1) is 13.6. The number of unbranched alkanes of at least 4 members (excludes halogenated alkanes) is 4. The Morgan fingerprint density at radius 1 is 1.05 bits per heavy atom. The van der Waals surface area contributed by atoms with Gasteiger partial charge >= 0.3 is 5.69 Å². The average molecular weight is 260 g/mol. The summed E-state index contributed by atoms with van der Waals surface area (Å²) in [4.78, 5) is 28.5. The molecule has 4 heteroatoms. The topological polar surface area (TPSA) is 65.7 Å². The Morgan fingerprint density at radius 2 is 1.79 bits per heavy atom. The first-order valence-electron chi connectivity index (χ1n) is 6.96. The highest BCUT2D eigenvalue weighted by molar-refractivity contribution is 5.98. The lowest BCUT2D eigenvalue weighted by Crippen LogP contribution is -1.99. The Balaban J connectivity index is 1.95. The number of Topliss-reactive ketones (excluding diaryl/α,β-unsaturated/α-hetero) is 1. The molecule has 2 aromatic rings. The summed E-state index contributed by atoms with van der Waals surface area (Å²) in [6.07, 6.45) is 6.30. The smallest absolute Gasteiger partial charge is 0.306 e. The molecular weight excluding hydrogens is 240 g/mol. The van der Waals surface area contributed by atoms with Gasteiger partial charge in [0.15, 0.2) is 5.78 Å². The quantitative estimate of drug-likeness (QED) is 0.592. The van der Waals surface area contributed by atoms with E-state index in [2.05, 4.69) is 16.9 Å². The molecule has 0 aliphatic carbocycles. The van der Waals surface area contributed by atoms with Gasteiger partial charge in [-0.1, -0.05) is 32.6 Å². The predicted octanol–water partition coefficient (Wildman–Crippen LogP) is 3.40. The van der Waals surface area contributed by atoms with Crippen molar-refractivity contribution < 1.29 is 4.79 Å². The highest BCUT2D eigenvalue weighted by atomic mass is 16.1. The number of carbonyl (C=O) groups excluding carboxylic acids is 1. The number of nitrogens with one attached hydrogen (secondary N) is 2. The Hall–Kier alpha value is -1.84. The first-order valence-corrected chi connectivity index (χ1v) is 6.96. The fourth-order valence-corrected chi connectivity index (χ4v) is 2.24. The summed E-state index contributed by atoms with van der Waals surface area (Å²) in [5.74, 6) is 0.153. The second-order valence-electron chi connectivity index (χ2n) is 4.93. The van der Waals surface area contributed by atoms with E-state index in [1.54, 1.807) is 18.2 Å². The molecule has 2 N–H and O–H groups in total. The monoisotopic (exact) mass is 260 g/mol. The number of aromatic amines is 2. The zero-order valence-corrected chi connectivity index (χ0v) is 11.3. The Kier molecular flexibility index (Phi) is 4.55. The molecule has 1 heterocycles. The molecule has 0 unspecified atom stereocenters. The van der Waals surface area contributed by atoms with Crippen molar-refractivity contribution in [2.45, 2.75) is 45.4 Å². The van der Waals surface area contributed by atoms with Gasteiger partial charge in [0.1, 0.15) is 0 Å². The number of hydrogen-bond acceptors (Lipinski definition) is 2. The fourth-order valence-electron chi connectivity index (χ4n) is 2.24. The molecule has 0 amide bonds. The molecule has 19 heavy (non-hydrogen) atoms. The number of carbonyl (C=O) groups is 1. The molecule has 1 aromatic heterocycles. The van der Waals surface area contributed by atoms with E-state index in [4.69, 9.17) is 0 Å². The standard InChI is InChI=1S/C15H20N2O2/c1-2-3-4-5-6-7-14(18)11-8-9-12-13(10-11)17-15(19)16-12/h8-10H,2-7H2,1H3,(H2,16,17,19). The van der Waals surface area contributed by atoms with Crippen molar-refractivity contribution in [1.29, 1.82) is 0 Å². The van der Waals surface area contributed by atoms with Gasteiger partial charge < -0.3 is 9.97 Å². The van der Waals surface area contributed by atoms with E-state index in [0.717, 1.165) is 18.4 Å². The molecule has 102 valence electrons. The van der Waals surface area contributed by atoms with E-state index in [1.807, 2.05) is 0 Å². The van der Waals surface area contributed by atoms with Crippen LogP contribution in [0.5, 0.6) is 0 Å². The number of hydrogen-bond donors (Lipinski definition) is 2. The van der Waals surface area contributed by atoms with Crippen molar-refractivity contribution in [2.24, 2.45) is 0 Å². The van der Waals surface area contributed by atoms with Crippen LogP contribution in [-0.4, -0.2) is 15.8 Å². The van der Waals surface area contributed by atoms with Gasteiger partial charge in [-0.25, -0.2) is 4.79 Å². The molecule has 0 aliphatic heterocycles. The number of benzene rings is 1. The maximum absolute atomic E-state index is 12.0. The number of imidazole rings is 1. The van der Waals surface area contributed by atoms with Gasteiger partial charge in [0.2, 0.25) is 0 Å². The Morgan fingerprint density at radius 3 is 2.58 bits per heavy atom. The number of aromatic nitrogens is 2. The molecule has 0 spiro atoms. The van der Waals surface area contributed by atoms with Gasteiger partial charge in [-0.15, -0.1) is 0 Å². The molecule has 0 radical (unpaired) electrons. The Bertz CT molecular complexity index is 610. The number of ketones is 1. The van der Waals surface area contributed by atoms with Gasteiger partial charge in [-0.3, -0.25) is 4.79 Å². The highest BCUT2D eigenvalue weighted by Gasteiger charge is 2.07. The van der Waals surface area contributed by atoms with E-state index in [9.17, 15) is 9.59 Å². The molecule has 1 aromatic carbocycles. The third kappa shape index (κ3) is 3.56. The van der Waals surface area contributed by atoms with Crippen LogP contribution < -0.4 is 5.69 Å². The third-order valence-corrected chi connectivity index (χ3v) is 3.35. The van der Waals surface area contributed by atoms with Gasteiger partial charge in [-0.2, -0.15) is 0 Å². The van der Waals surface area contributed by atoms with E-state index >= 15 is 0 Å². The molecule has 0 bridgehead atoms. The predicted molar refractivity (Wildman–Crippen MR) is 76.6 cm³/mol. The van der Waals surface area contributed by atoms with Crippen LogP contribution in [0.4, 0.5) is 0 Å². The van der Waals surface area contributed by atoms with Gasteiger partial charge in [-0.05, 0) is 24.6 Å². The molecule has 0 atom stereocenters. The number of rotatable bonds is 7. The summed E-state index contributed by atoms with van der Waals surface area (Å²) in [7, 11) is 0. The molecular formula is C15H20N2O2. The number of H-pyrrole nitrogens is 2. The number of fused-ring (bicyclic) bond motifs is 1. The van der Waals surface area contributed by atoms with Crippen LogP contribution in [-0.2, 0) is 0 Å². The molecule has 0 saturated heterocycles. The Labute approximate surface area is 112 Å². The summed E-state index contributed by atoms with van der Waals surface area (Å²) in [5.41, 5.74) is 1.88. The fraction of sp³-hybridized carbons (Fsp3) is 0.467. The van der Waals surface area contributed by atoms with Crippen LogP contribution in [0.15, 0.2) is 23.0 Å². The van der Waals surface area contributed by atoms with Crippen molar-refractivity contribution >= 4 is 16.8 Å². The van der Waals surface area contributed by atoms with Crippen molar-refractivity contribution in [3.8, 4) is 0 Å². The molecule has 4 nitrogen and oxygen atoms in total. The van der Waals surface area contributed by atoms with Crippen molar-refractivity contribution in [3.05, 3.63) is 34.2 Å². The summed E-state index contributed by atoms with van der Waals surface area (Å²) < 4.78 is 0. The van der Waals surface area contributed by atoms with Crippen molar-refractivity contribution in [3.63, 3.8) is 0 Å². The lowest BCUT2D eigenvalue weighted by Gasteiger charge is -2.01. The SMILES string of the molecule is CCCCCCCC(=O)c1ccc2[nH]c(=O)[nH]c2c1. The molecule has 0 saturated carbocycles. The molecule has 0 fully saturated rings. The second kappa shape index (κ2) is 6.36. The lowest BCUT2D eigenvalue weighted by atomic mass is 10.0. The third-order valence-electron chi connectivity index (χ3n) is 3.35. The average Bonchev–Trinajstić information content (AvgIpc) is 2.77. The summed E-state index contributed by atoms with van der Waals surface area (Å²) in [6, 6.07) is 5.31. The van der Waals surface area contributed by atoms with Crippen LogP contribution in [0.3, 0.4) is 0 Å². The van der Waals surface area contributed by atoms with E-state index in [1.165, 1.54) is 19.3 Å². The minimum Gasteiger partial charge on any atom is -0.306 e. The van der Waals surface area contributed by atoms with Crippen LogP contribution in [0, 0.1) is 0 Å². The first-order chi connectivity index (χ1) is 9.20. The largest absolute Gasteiger partial charge is 0.323 e. The maximum atomic E-state index is 12.0. The maximum Gasteiger partial charge on any atom is 0.323 e. The van der Waals surface area contributed by atoms with Crippen molar-refractivity contribution in [1.82, 2.24) is 9.97 Å². The molecule has 2 rings (SSSR count). The van der Waals surface area contributed by atoms with E-state index in [-0.39, 0.29) is 11.5 Å². The van der Waals surface area contributed by atoms with Gasteiger partial charge in [0, 0.05) is 12.0 Å². The van der Waals surface area contributed by atoms with Crippen LogP contribution in [0.2, 0.25) is 0 Å². The minimum absolute atomic E-state index is 0.153. The van der Waals surface area contributed by atoms with Crippen LogP contribution >= 0.6 is 0 Å². The normalized spacial score (nSPS) is 11.0. The van der Waals surface area contributed by atoms with Crippen molar-refractivity contribution in [2.75, 3.05) is 0 Å². The van der Waals surface area contributed by atoms with E-state index < -0.39 is 0 Å². The van der Waals surface area contributed by atoms with Gasteiger partial charge in [0.25, 0.3) is 0 Å². The summed E-state index contributed by atoms with van der Waals surface area (Å²) >= 11 is 0. The zero-order chi connectivity index (χ0) is 13.7. The van der Waals surface area contributed by atoms with Crippen LogP contribution in [0.25, 0.3) is 11.0 Å². The zero-order valence-electron chi connectivity index (χ0n) is 11.3. The van der Waals surface area contributed by atoms with E-state index in [0.29, 0.717) is 17.5 Å². The lowest BCUT2D eigenvalue weighted by molar-refractivity contribution is 0.0979. The minimum atomic E-state index is -0.237. The summed E-state index contributed by atoms with van der Waals surface area (Å²) in [5, 5.41) is 0. The molecule has 0 aliphatic rings. The summed E-state index contributed by atoms with van der Waals surface area (Å²) in [6.45, 7) is 2.18.